The third-order valence-corrected chi connectivity index (χ3v) is 4.46. The van der Waals surface area contributed by atoms with Crippen molar-refractivity contribution in [3.05, 3.63) is 83.4 Å². The average molecular weight is 316 g/mol. The Labute approximate surface area is 139 Å². The molecule has 1 aliphatic rings. The van der Waals surface area contributed by atoms with Crippen molar-refractivity contribution in [1.29, 1.82) is 5.26 Å². The fourth-order valence-electron chi connectivity index (χ4n) is 3.33. The van der Waals surface area contributed by atoms with Gasteiger partial charge >= 0.3 is 0 Å². The first-order valence-corrected chi connectivity index (χ1v) is 7.87. The molecule has 5 nitrogen and oxygen atoms in total. The normalized spacial score (nSPS) is 16.5. The number of carbonyl (C=O) groups is 1. The number of nitrogens with zero attached hydrogens (tertiary/aromatic N) is 3. The third kappa shape index (κ3) is 2.29. The van der Waals surface area contributed by atoms with Crippen LogP contribution in [0, 0.1) is 11.3 Å². The zero-order valence-electron chi connectivity index (χ0n) is 13.0. The summed E-state index contributed by atoms with van der Waals surface area (Å²) >= 11 is 0. The number of benzene rings is 1. The molecule has 0 spiro atoms. The van der Waals surface area contributed by atoms with E-state index in [0.29, 0.717) is 17.8 Å². The SMILES string of the molecule is N#Cc1c[nH]c(C(=O)N2CCn3cccc3[C@@H]2c2ccccc2)c1. The van der Waals surface area contributed by atoms with Gasteiger partial charge in [-0.25, -0.2) is 0 Å². The maximum absolute atomic E-state index is 13.0. The minimum Gasteiger partial charge on any atom is -0.356 e. The molecule has 24 heavy (non-hydrogen) atoms. The first kappa shape index (κ1) is 14.3. The Kier molecular flexibility index (Phi) is 3.43. The molecule has 118 valence electrons. The number of hydrogen-bond donors (Lipinski definition) is 1. The van der Waals surface area contributed by atoms with Gasteiger partial charge in [-0.3, -0.25) is 4.79 Å². The number of aromatic amines is 1. The Morgan fingerprint density at radius 2 is 2.00 bits per heavy atom. The molecule has 4 rings (SSSR count). The highest BCUT2D eigenvalue weighted by Gasteiger charge is 2.33. The molecular weight excluding hydrogens is 300 g/mol. The molecule has 1 amide bonds. The Morgan fingerprint density at radius 3 is 2.75 bits per heavy atom. The lowest BCUT2D eigenvalue weighted by Crippen LogP contribution is -2.42. The molecule has 0 saturated carbocycles. The molecule has 0 radical (unpaired) electrons. The summed E-state index contributed by atoms with van der Waals surface area (Å²) in [6.07, 6.45) is 3.62. The van der Waals surface area contributed by atoms with Crippen molar-refractivity contribution in [2.24, 2.45) is 0 Å². The number of aromatic nitrogens is 2. The first-order chi connectivity index (χ1) is 11.8. The Balaban J connectivity index is 1.76. The number of nitrogens with one attached hydrogen (secondary N) is 1. The lowest BCUT2D eigenvalue weighted by molar-refractivity contribution is 0.0658. The Hall–Kier alpha value is -3.26. The molecule has 0 unspecified atom stereocenters. The van der Waals surface area contributed by atoms with Crippen molar-refractivity contribution in [2.75, 3.05) is 6.54 Å². The number of hydrogen-bond acceptors (Lipinski definition) is 2. The van der Waals surface area contributed by atoms with Crippen LogP contribution in [0.25, 0.3) is 0 Å². The van der Waals surface area contributed by atoms with Crippen molar-refractivity contribution in [1.82, 2.24) is 14.5 Å². The van der Waals surface area contributed by atoms with Gasteiger partial charge in [0.05, 0.1) is 11.6 Å². The number of rotatable bonds is 2. The van der Waals surface area contributed by atoms with Gasteiger partial charge in [0.15, 0.2) is 0 Å². The topological polar surface area (TPSA) is 64.8 Å². The van der Waals surface area contributed by atoms with Gasteiger partial charge in [-0.2, -0.15) is 5.26 Å². The minimum absolute atomic E-state index is 0.0854. The molecule has 5 heteroatoms. The van der Waals surface area contributed by atoms with Crippen molar-refractivity contribution in [2.45, 2.75) is 12.6 Å². The maximum Gasteiger partial charge on any atom is 0.271 e. The molecule has 3 heterocycles. The zero-order chi connectivity index (χ0) is 16.5. The minimum atomic E-state index is -0.128. The predicted octanol–water partition coefficient (Wildman–Crippen LogP) is 2.93. The smallest absolute Gasteiger partial charge is 0.271 e. The summed E-state index contributed by atoms with van der Waals surface area (Å²) in [6.45, 7) is 1.39. The van der Waals surface area contributed by atoms with Crippen LogP contribution >= 0.6 is 0 Å². The van der Waals surface area contributed by atoms with Gasteiger partial charge in [0.25, 0.3) is 5.91 Å². The lowest BCUT2D eigenvalue weighted by Gasteiger charge is -2.37. The molecule has 3 aromatic rings. The van der Waals surface area contributed by atoms with Crippen molar-refractivity contribution >= 4 is 5.91 Å². The van der Waals surface area contributed by atoms with E-state index in [2.05, 4.69) is 27.9 Å². The van der Waals surface area contributed by atoms with Gasteiger partial charge in [-0.15, -0.1) is 0 Å². The standard InChI is InChI=1S/C19H16N4O/c20-12-14-11-16(21-13-14)19(24)23-10-9-22-8-4-7-17(22)18(23)15-5-2-1-3-6-15/h1-8,11,13,18,21H,9-10H2/t18-/m0/s1. The molecule has 1 atom stereocenters. The van der Waals surface area contributed by atoms with E-state index in [4.69, 9.17) is 5.26 Å². The second kappa shape index (κ2) is 5.74. The summed E-state index contributed by atoms with van der Waals surface area (Å²) < 4.78 is 2.19. The van der Waals surface area contributed by atoms with Crippen molar-refractivity contribution in [3.8, 4) is 6.07 Å². The van der Waals surface area contributed by atoms with Gasteiger partial charge < -0.3 is 14.5 Å². The largest absolute Gasteiger partial charge is 0.356 e. The second-order valence-electron chi connectivity index (χ2n) is 5.85. The van der Waals surface area contributed by atoms with E-state index in [-0.39, 0.29) is 11.9 Å². The van der Waals surface area contributed by atoms with Crippen LogP contribution < -0.4 is 0 Å². The van der Waals surface area contributed by atoms with Crippen LogP contribution in [0.3, 0.4) is 0 Å². The highest BCUT2D eigenvalue weighted by molar-refractivity contribution is 5.93. The fourth-order valence-corrected chi connectivity index (χ4v) is 3.33. The van der Waals surface area contributed by atoms with Crippen molar-refractivity contribution < 1.29 is 4.79 Å². The molecular formula is C19H16N4O. The van der Waals surface area contributed by atoms with Gasteiger partial charge in [-0.1, -0.05) is 30.3 Å². The summed E-state index contributed by atoms with van der Waals surface area (Å²) in [4.78, 5) is 17.8. The summed E-state index contributed by atoms with van der Waals surface area (Å²) in [6, 6.07) is 17.7. The highest BCUT2D eigenvalue weighted by Crippen LogP contribution is 2.33. The molecule has 0 aliphatic carbocycles. The average Bonchev–Trinajstić information content (AvgIpc) is 3.30. The molecule has 0 bridgehead atoms. The van der Waals surface area contributed by atoms with Gasteiger partial charge in [0.2, 0.25) is 0 Å². The van der Waals surface area contributed by atoms with Crippen LogP contribution in [0.15, 0.2) is 60.9 Å². The highest BCUT2D eigenvalue weighted by atomic mass is 16.2. The fraction of sp³-hybridized carbons (Fsp3) is 0.158. The summed E-state index contributed by atoms with van der Waals surface area (Å²) in [7, 11) is 0. The monoisotopic (exact) mass is 316 g/mol. The van der Waals surface area contributed by atoms with Gasteiger partial charge in [-0.05, 0) is 23.8 Å². The second-order valence-corrected chi connectivity index (χ2v) is 5.85. The summed E-state index contributed by atoms with van der Waals surface area (Å²) in [5.41, 5.74) is 3.10. The quantitative estimate of drug-likeness (QED) is 0.790. The van der Waals surface area contributed by atoms with E-state index < -0.39 is 0 Å². The Morgan fingerprint density at radius 1 is 1.17 bits per heavy atom. The molecule has 0 fully saturated rings. The third-order valence-electron chi connectivity index (χ3n) is 4.46. The number of carbonyl (C=O) groups excluding carboxylic acids is 1. The molecule has 1 N–H and O–H groups in total. The van der Waals surface area contributed by atoms with Gasteiger partial charge in [0.1, 0.15) is 11.8 Å². The molecule has 1 aromatic carbocycles. The summed E-state index contributed by atoms with van der Waals surface area (Å²) in [5.74, 6) is -0.0854. The lowest BCUT2D eigenvalue weighted by atomic mass is 9.99. The van der Waals surface area contributed by atoms with E-state index in [9.17, 15) is 4.79 Å². The summed E-state index contributed by atoms with van der Waals surface area (Å²) in [5, 5.41) is 8.98. The van der Waals surface area contributed by atoms with Crippen LogP contribution in [0.4, 0.5) is 0 Å². The van der Waals surface area contributed by atoms with E-state index in [1.165, 1.54) is 0 Å². The molecule has 0 saturated heterocycles. The van der Waals surface area contributed by atoms with Crippen LogP contribution in [0.5, 0.6) is 0 Å². The number of H-pyrrole nitrogens is 1. The predicted molar refractivity (Wildman–Crippen MR) is 89.3 cm³/mol. The van der Waals surface area contributed by atoms with Crippen LogP contribution in [0.1, 0.15) is 33.4 Å². The van der Waals surface area contributed by atoms with Gasteiger partial charge in [0, 0.05) is 31.2 Å². The van der Waals surface area contributed by atoms with E-state index in [0.717, 1.165) is 17.8 Å². The van der Waals surface area contributed by atoms with E-state index in [1.807, 2.05) is 41.3 Å². The molecule has 1 aliphatic heterocycles. The van der Waals surface area contributed by atoms with Crippen LogP contribution in [0.2, 0.25) is 0 Å². The molecule has 2 aromatic heterocycles. The van der Waals surface area contributed by atoms with Crippen LogP contribution in [-0.4, -0.2) is 26.9 Å². The van der Waals surface area contributed by atoms with E-state index >= 15 is 0 Å². The first-order valence-electron chi connectivity index (χ1n) is 7.87. The number of fused-ring (bicyclic) bond motifs is 1. The van der Waals surface area contributed by atoms with E-state index in [1.54, 1.807) is 12.3 Å². The number of amides is 1. The van der Waals surface area contributed by atoms with Crippen molar-refractivity contribution in [3.63, 3.8) is 0 Å². The Bertz CT molecular complexity index is 916. The zero-order valence-corrected chi connectivity index (χ0v) is 13.0. The van der Waals surface area contributed by atoms with Crippen LogP contribution in [-0.2, 0) is 6.54 Å². The maximum atomic E-state index is 13.0. The number of nitriles is 1.